The summed E-state index contributed by atoms with van der Waals surface area (Å²) in [5.74, 6) is -0.649. The van der Waals surface area contributed by atoms with Gasteiger partial charge in [0.25, 0.3) is 5.91 Å². The highest BCUT2D eigenvalue weighted by molar-refractivity contribution is 6.07. The molecule has 0 radical (unpaired) electrons. The quantitative estimate of drug-likeness (QED) is 0.794. The zero-order valence-electron chi connectivity index (χ0n) is 17.7. The number of carbonyl (C=O) groups is 3. The van der Waals surface area contributed by atoms with E-state index in [9.17, 15) is 14.4 Å². The molecule has 0 aliphatic carbocycles. The zero-order valence-corrected chi connectivity index (χ0v) is 17.7. The molecule has 3 amide bonds. The molecule has 0 saturated carbocycles. The Morgan fingerprint density at radius 2 is 1.73 bits per heavy atom. The van der Waals surface area contributed by atoms with Crippen molar-refractivity contribution in [2.24, 2.45) is 5.92 Å². The first kappa shape index (κ1) is 21.4. The Bertz CT molecular complexity index is 965. The molecule has 0 spiro atoms. The smallest absolute Gasteiger partial charge is 0.253 e. The third kappa shape index (κ3) is 4.79. The van der Waals surface area contributed by atoms with Crippen molar-refractivity contribution >= 4 is 29.1 Å². The lowest BCUT2D eigenvalue weighted by atomic mass is 10.1. The van der Waals surface area contributed by atoms with E-state index in [1.807, 2.05) is 32.9 Å². The number of rotatable bonds is 5. The van der Waals surface area contributed by atoms with E-state index < -0.39 is 11.5 Å². The largest absolute Gasteiger partial charge is 0.495 e. The molecule has 1 atom stereocenters. The third-order valence-electron chi connectivity index (χ3n) is 4.79. The maximum Gasteiger partial charge on any atom is 0.253 e. The lowest BCUT2D eigenvalue weighted by Gasteiger charge is -2.22. The molecule has 1 saturated heterocycles. The minimum atomic E-state index is -0.527. The highest BCUT2D eigenvalue weighted by Crippen LogP contribution is 2.33. The lowest BCUT2D eigenvalue weighted by molar-refractivity contribution is -0.122. The Kier molecular flexibility index (Phi) is 6.10. The third-order valence-corrected chi connectivity index (χ3v) is 4.79. The standard InChI is InChI=1S/C23H27N3O4/c1-23(2,3)25-22(29)16-9-5-6-10-17(16)24-21(28)15-13-20(27)26(14-15)18-11-7-8-12-19(18)30-4/h5-12,15H,13-14H2,1-4H3,(H,24,28)(H,25,29). The van der Waals surface area contributed by atoms with Crippen LogP contribution in [-0.4, -0.2) is 36.9 Å². The number of hydrogen-bond donors (Lipinski definition) is 2. The maximum atomic E-state index is 12.9. The molecule has 1 fully saturated rings. The van der Waals surface area contributed by atoms with Gasteiger partial charge in [0.15, 0.2) is 0 Å². The van der Waals surface area contributed by atoms with Crippen LogP contribution < -0.4 is 20.3 Å². The number of amides is 3. The second kappa shape index (κ2) is 8.57. The minimum Gasteiger partial charge on any atom is -0.495 e. The van der Waals surface area contributed by atoms with Gasteiger partial charge in [0, 0.05) is 18.5 Å². The summed E-state index contributed by atoms with van der Waals surface area (Å²) in [4.78, 5) is 39.6. The fourth-order valence-electron chi connectivity index (χ4n) is 3.40. The molecule has 1 aliphatic heterocycles. The molecule has 1 aliphatic rings. The van der Waals surface area contributed by atoms with Crippen molar-refractivity contribution in [1.82, 2.24) is 5.32 Å². The Morgan fingerprint density at radius 3 is 2.43 bits per heavy atom. The number of ether oxygens (including phenoxy) is 1. The molecule has 1 heterocycles. The van der Waals surface area contributed by atoms with E-state index in [1.54, 1.807) is 48.4 Å². The van der Waals surface area contributed by atoms with Crippen molar-refractivity contribution in [3.63, 3.8) is 0 Å². The average Bonchev–Trinajstić information content (AvgIpc) is 3.08. The van der Waals surface area contributed by atoms with Crippen molar-refractivity contribution in [1.29, 1.82) is 0 Å². The van der Waals surface area contributed by atoms with Gasteiger partial charge in [-0.25, -0.2) is 0 Å². The summed E-state index contributed by atoms with van der Waals surface area (Å²) >= 11 is 0. The summed E-state index contributed by atoms with van der Waals surface area (Å²) in [7, 11) is 1.54. The number of nitrogens with one attached hydrogen (secondary N) is 2. The van der Waals surface area contributed by atoms with E-state index in [-0.39, 0.29) is 30.7 Å². The van der Waals surface area contributed by atoms with Crippen LogP contribution in [0.1, 0.15) is 37.6 Å². The molecule has 3 rings (SSSR count). The Labute approximate surface area is 176 Å². The number of benzene rings is 2. The minimum absolute atomic E-state index is 0.0975. The van der Waals surface area contributed by atoms with Gasteiger partial charge in [0.2, 0.25) is 11.8 Å². The van der Waals surface area contributed by atoms with Gasteiger partial charge in [0.1, 0.15) is 5.75 Å². The molecule has 7 heteroatoms. The van der Waals surface area contributed by atoms with Crippen molar-refractivity contribution in [3.05, 3.63) is 54.1 Å². The Balaban J connectivity index is 1.75. The van der Waals surface area contributed by atoms with Crippen LogP contribution >= 0.6 is 0 Å². The second-order valence-corrected chi connectivity index (χ2v) is 8.32. The summed E-state index contributed by atoms with van der Waals surface area (Å²) in [6.45, 7) is 5.93. The van der Waals surface area contributed by atoms with Crippen molar-refractivity contribution in [3.8, 4) is 5.75 Å². The fourth-order valence-corrected chi connectivity index (χ4v) is 3.40. The molecular weight excluding hydrogens is 382 g/mol. The van der Waals surface area contributed by atoms with Crippen LogP contribution in [-0.2, 0) is 9.59 Å². The normalized spacial score (nSPS) is 16.3. The van der Waals surface area contributed by atoms with Crippen LogP contribution in [0.4, 0.5) is 11.4 Å². The van der Waals surface area contributed by atoms with Crippen LogP contribution in [0.25, 0.3) is 0 Å². The van der Waals surface area contributed by atoms with Gasteiger partial charge in [-0.2, -0.15) is 0 Å². The second-order valence-electron chi connectivity index (χ2n) is 8.32. The van der Waals surface area contributed by atoms with Gasteiger partial charge in [-0.3, -0.25) is 14.4 Å². The van der Waals surface area contributed by atoms with Gasteiger partial charge in [-0.1, -0.05) is 24.3 Å². The van der Waals surface area contributed by atoms with Crippen LogP contribution in [0.2, 0.25) is 0 Å². The number of nitrogens with zero attached hydrogens (tertiary/aromatic N) is 1. The van der Waals surface area contributed by atoms with Crippen LogP contribution in [0, 0.1) is 5.92 Å². The number of para-hydroxylation sites is 3. The zero-order chi connectivity index (χ0) is 21.9. The first-order chi connectivity index (χ1) is 14.2. The predicted octanol–water partition coefficient (Wildman–Crippen LogP) is 3.22. The number of carbonyl (C=O) groups excluding carboxylic acids is 3. The van der Waals surface area contributed by atoms with Crippen LogP contribution in [0.3, 0.4) is 0 Å². The molecule has 2 aromatic rings. The molecule has 0 aromatic heterocycles. The molecule has 7 nitrogen and oxygen atoms in total. The average molecular weight is 409 g/mol. The molecule has 30 heavy (non-hydrogen) atoms. The molecule has 2 aromatic carbocycles. The van der Waals surface area contributed by atoms with Crippen molar-refractivity contribution in [2.45, 2.75) is 32.7 Å². The fraction of sp³-hybridized carbons (Fsp3) is 0.348. The topological polar surface area (TPSA) is 87.7 Å². The van der Waals surface area contributed by atoms with E-state index in [1.165, 1.54) is 0 Å². The molecule has 2 N–H and O–H groups in total. The summed E-state index contributed by atoms with van der Waals surface area (Å²) in [5, 5.41) is 5.73. The van der Waals surface area contributed by atoms with Crippen LogP contribution in [0.15, 0.2) is 48.5 Å². The number of hydrogen-bond acceptors (Lipinski definition) is 4. The van der Waals surface area contributed by atoms with Gasteiger partial charge >= 0.3 is 0 Å². The highest BCUT2D eigenvalue weighted by atomic mass is 16.5. The monoisotopic (exact) mass is 409 g/mol. The molecule has 1 unspecified atom stereocenters. The Morgan fingerprint density at radius 1 is 1.07 bits per heavy atom. The van der Waals surface area contributed by atoms with Gasteiger partial charge < -0.3 is 20.3 Å². The number of methoxy groups -OCH3 is 1. The van der Waals surface area contributed by atoms with E-state index in [2.05, 4.69) is 10.6 Å². The lowest BCUT2D eigenvalue weighted by Crippen LogP contribution is -2.41. The summed E-state index contributed by atoms with van der Waals surface area (Å²) in [5.41, 5.74) is 1.05. The maximum absolute atomic E-state index is 12.9. The van der Waals surface area contributed by atoms with E-state index in [0.29, 0.717) is 22.7 Å². The molecular formula is C23H27N3O4. The summed E-state index contributed by atoms with van der Waals surface area (Å²) in [6, 6.07) is 14.1. The first-order valence-corrected chi connectivity index (χ1v) is 9.85. The predicted molar refractivity (Wildman–Crippen MR) is 116 cm³/mol. The summed E-state index contributed by atoms with van der Waals surface area (Å²) < 4.78 is 5.34. The summed E-state index contributed by atoms with van der Waals surface area (Å²) in [6.07, 6.45) is 0.0975. The van der Waals surface area contributed by atoms with Crippen molar-refractivity contribution in [2.75, 3.05) is 23.9 Å². The number of anilines is 2. The highest BCUT2D eigenvalue weighted by Gasteiger charge is 2.36. The van der Waals surface area contributed by atoms with Crippen LogP contribution in [0.5, 0.6) is 5.75 Å². The Hall–Kier alpha value is -3.35. The van der Waals surface area contributed by atoms with Gasteiger partial charge in [-0.05, 0) is 45.0 Å². The SMILES string of the molecule is COc1ccccc1N1CC(C(=O)Nc2ccccc2C(=O)NC(C)(C)C)CC1=O. The van der Waals surface area contributed by atoms with E-state index in [4.69, 9.17) is 4.74 Å². The van der Waals surface area contributed by atoms with Gasteiger partial charge in [-0.15, -0.1) is 0 Å². The molecule has 0 bridgehead atoms. The van der Waals surface area contributed by atoms with E-state index in [0.717, 1.165) is 0 Å². The van der Waals surface area contributed by atoms with E-state index >= 15 is 0 Å². The van der Waals surface area contributed by atoms with Crippen molar-refractivity contribution < 1.29 is 19.1 Å². The van der Waals surface area contributed by atoms with Gasteiger partial charge in [0.05, 0.1) is 30.0 Å². The molecule has 158 valence electrons. The first-order valence-electron chi connectivity index (χ1n) is 9.85.